The Hall–Kier alpha value is -3.59. The zero-order valence-electron chi connectivity index (χ0n) is 19.4. The number of ether oxygens (including phenoxy) is 4. The minimum atomic E-state index is -0.985. The van der Waals surface area contributed by atoms with Crippen molar-refractivity contribution in [2.75, 3.05) is 21.0 Å². The van der Waals surface area contributed by atoms with Gasteiger partial charge in [-0.3, -0.25) is 4.79 Å². The molecule has 0 aliphatic carbocycles. The van der Waals surface area contributed by atoms with Crippen molar-refractivity contribution in [3.8, 4) is 23.0 Å². The normalized spacial score (nSPS) is 12.7. The molecule has 1 aromatic heterocycles. The Balaban J connectivity index is 0.00000324. The SMILES string of the molecule is COc1ccc(C(CC(=O)O)c2n(O)c(C)c(C)[n+]2Cc2ccc3c(c2)OCO3)cc1OC.[Cl-]. The summed E-state index contributed by atoms with van der Waals surface area (Å²) in [6, 6.07) is 10.9. The molecular formula is C24H27ClN2O7. The maximum Gasteiger partial charge on any atom is 0.305 e. The van der Waals surface area contributed by atoms with Gasteiger partial charge in [0, 0.05) is 13.8 Å². The van der Waals surface area contributed by atoms with Crippen molar-refractivity contribution < 1.29 is 51.0 Å². The number of rotatable bonds is 8. The fourth-order valence-corrected chi connectivity index (χ4v) is 4.17. The molecule has 10 heteroatoms. The fourth-order valence-electron chi connectivity index (χ4n) is 4.17. The molecule has 1 atom stereocenters. The van der Waals surface area contributed by atoms with E-state index in [9.17, 15) is 15.1 Å². The van der Waals surface area contributed by atoms with E-state index in [1.54, 1.807) is 25.1 Å². The molecule has 4 rings (SSSR count). The van der Waals surface area contributed by atoms with Crippen molar-refractivity contribution in [1.29, 1.82) is 0 Å². The largest absolute Gasteiger partial charge is 1.00 e. The van der Waals surface area contributed by atoms with Crippen molar-refractivity contribution in [3.05, 3.63) is 64.7 Å². The molecule has 3 aromatic rings. The van der Waals surface area contributed by atoms with Crippen LogP contribution in [0.3, 0.4) is 0 Å². The van der Waals surface area contributed by atoms with Gasteiger partial charge in [0.15, 0.2) is 28.7 Å². The lowest BCUT2D eigenvalue weighted by Crippen LogP contribution is -3.00. The summed E-state index contributed by atoms with van der Waals surface area (Å²) in [7, 11) is 3.06. The Bertz CT molecular complexity index is 1210. The lowest BCUT2D eigenvalue weighted by molar-refractivity contribution is -0.703. The Morgan fingerprint density at radius 2 is 1.79 bits per heavy atom. The van der Waals surface area contributed by atoms with Gasteiger partial charge in [0.25, 0.3) is 0 Å². The van der Waals surface area contributed by atoms with Gasteiger partial charge in [-0.15, -0.1) is 0 Å². The lowest BCUT2D eigenvalue weighted by Gasteiger charge is -2.16. The molecule has 0 radical (unpaired) electrons. The molecule has 2 aromatic carbocycles. The molecule has 0 fully saturated rings. The molecule has 0 saturated heterocycles. The number of nitrogens with zero attached hydrogens (tertiary/aromatic N) is 2. The van der Waals surface area contributed by atoms with Gasteiger partial charge in [0.05, 0.1) is 26.6 Å². The molecule has 0 bridgehead atoms. The molecule has 0 spiro atoms. The molecule has 0 saturated carbocycles. The van der Waals surface area contributed by atoms with Crippen LogP contribution in [0.25, 0.3) is 0 Å². The topological polar surface area (TPSA) is 103 Å². The van der Waals surface area contributed by atoms with Crippen LogP contribution < -0.4 is 35.9 Å². The monoisotopic (exact) mass is 490 g/mol. The van der Waals surface area contributed by atoms with Gasteiger partial charge in [-0.05, 0) is 40.1 Å². The molecule has 182 valence electrons. The predicted octanol–water partition coefficient (Wildman–Crippen LogP) is 0.0345. The summed E-state index contributed by atoms with van der Waals surface area (Å²) in [6.45, 7) is 4.28. The fraction of sp³-hybridized carbons (Fsp3) is 0.333. The van der Waals surface area contributed by atoms with Gasteiger partial charge in [-0.2, -0.15) is 0 Å². The first-order valence-corrected chi connectivity index (χ1v) is 10.5. The van der Waals surface area contributed by atoms with E-state index >= 15 is 0 Å². The van der Waals surface area contributed by atoms with E-state index in [1.165, 1.54) is 14.2 Å². The van der Waals surface area contributed by atoms with E-state index in [-0.39, 0.29) is 25.6 Å². The standard InChI is InChI=1S/C24H26N2O7.ClH/c1-14-15(2)26(29)24(25(14)12-16-5-7-20-22(9-16)33-13-32-20)18(11-23(27)28)17-6-8-19(30-3)21(10-17)31-4;/h5-10,18H,11-13H2,1-4H3,(H-,27,28,29);1H. The summed E-state index contributed by atoms with van der Waals surface area (Å²) >= 11 is 0. The van der Waals surface area contributed by atoms with E-state index in [0.717, 1.165) is 16.0 Å². The van der Waals surface area contributed by atoms with Crippen molar-refractivity contribution >= 4 is 5.97 Å². The summed E-state index contributed by atoms with van der Waals surface area (Å²) < 4.78 is 24.6. The Morgan fingerprint density at radius 1 is 1.09 bits per heavy atom. The molecule has 1 unspecified atom stereocenters. The number of methoxy groups -OCH3 is 2. The molecule has 1 aliphatic heterocycles. The predicted molar refractivity (Wildman–Crippen MR) is 117 cm³/mol. The highest BCUT2D eigenvalue weighted by Crippen LogP contribution is 2.36. The number of carbonyl (C=O) groups is 1. The first-order chi connectivity index (χ1) is 15.8. The number of aromatic nitrogens is 2. The summed E-state index contributed by atoms with van der Waals surface area (Å²) in [5, 5.41) is 20.7. The highest BCUT2D eigenvalue weighted by Gasteiger charge is 2.36. The number of hydrogen-bond donors (Lipinski definition) is 2. The average Bonchev–Trinajstić information content (AvgIpc) is 3.36. The number of hydrogen-bond acceptors (Lipinski definition) is 6. The third-order valence-corrected chi connectivity index (χ3v) is 6.02. The van der Waals surface area contributed by atoms with E-state index < -0.39 is 11.9 Å². The number of benzene rings is 2. The Kier molecular flexibility index (Phi) is 7.46. The van der Waals surface area contributed by atoms with Gasteiger partial charge < -0.3 is 41.7 Å². The molecule has 2 N–H and O–H groups in total. The molecular weight excluding hydrogens is 464 g/mol. The maximum atomic E-state index is 11.8. The smallest absolute Gasteiger partial charge is 0.305 e. The van der Waals surface area contributed by atoms with Gasteiger partial charge in [-0.25, -0.2) is 4.57 Å². The molecule has 2 heterocycles. The summed E-state index contributed by atoms with van der Waals surface area (Å²) in [5.41, 5.74) is 3.06. The summed E-state index contributed by atoms with van der Waals surface area (Å²) in [5.74, 6) is 1.19. The second kappa shape index (κ2) is 10.1. The zero-order valence-corrected chi connectivity index (χ0v) is 20.1. The highest BCUT2D eigenvalue weighted by atomic mass is 35.5. The zero-order chi connectivity index (χ0) is 23.7. The van der Waals surface area contributed by atoms with Crippen LogP contribution in [0, 0.1) is 13.8 Å². The number of halogens is 1. The number of fused-ring (bicyclic) bond motifs is 1. The van der Waals surface area contributed by atoms with Crippen LogP contribution in [0.15, 0.2) is 36.4 Å². The second-order valence-corrected chi connectivity index (χ2v) is 7.88. The summed E-state index contributed by atoms with van der Waals surface area (Å²) in [6.07, 6.45) is -0.222. The first kappa shape index (κ1) is 25.0. The van der Waals surface area contributed by atoms with E-state index in [0.29, 0.717) is 46.6 Å². The van der Waals surface area contributed by atoms with Crippen molar-refractivity contribution in [1.82, 2.24) is 4.73 Å². The Labute approximate surface area is 203 Å². The van der Waals surface area contributed by atoms with Crippen LogP contribution in [0.2, 0.25) is 0 Å². The Morgan fingerprint density at radius 3 is 2.47 bits per heavy atom. The maximum absolute atomic E-state index is 11.8. The van der Waals surface area contributed by atoms with Gasteiger partial charge >= 0.3 is 11.8 Å². The van der Waals surface area contributed by atoms with Gasteiger partial charge in [0.2, 0.25) is 6.79 Å². The molecule has 1 aliphatic rings. The summed E-state index contributed by atoms with van der Waals surface area (Å²) in [4.78, 5) is 11.8. The van der Waals surface area contributed by atoms with Gasteiger partial charge in [0.1, 0.15) is 12.2 Å². The van der Waals surface area contributed by atoms with Crippen LogP contribution in [0.1, 0.15) is 40.7 Å². The minimum Gasteiger partial charge on any atom is -1.00 e. The lowest BCUT2D eigenvalue weighted by atomic mass is 9.94. The minimum absolute atomic E-state index is 0. The van der Waals surface area contributed by atoms with Crippen LogP contribution in [0.4, 0.5) is 0 Å². The van der Waals surface area contributed by atoms with Crippen molar-refractivity contribution in [2.45, 2.75) is 32.7 Å². The molecule has 0 amide bonds. The third kappa shape index (κ3) is 4.56. The number of imidazole rings is 1. The second-order valence-electron chi connectivity index (χ2n) is 7.88. The molecule has 34 heavy (non-hydrogen) atoms. The van der Waals surface area contributed by atoms with Crippen LogP contribution in [-0.2, 0) is 11.3 Å². The molecule has 9 nitrogen and oxygen atoms in total. The van der Waals surface area contributed by atoms with Gasteiger partial charge in [-0.1, -0.05) is 12.1 Å². The van der Waals surface area contributed by atoms with E-state index in [4.69, 9.17) is 18.9 Å². The third-order valence-electron chi connectivity index (χ3n) is 6.02. The number of aliphatic carboxylic acids is 1. The van der Waals surface area contributed by atoms with Crippen LogP contribution >= 0.6 is 0 Å². The first-order valence-electron chi connectivity index (χ1n) is 10.5. The van der Waals surface area contributed by atoms with Crippen LogP contribution in [0.5, 0.6) is 23.0 Å². The quantitative estimate of drug-likeness (QED) is 0.339. The van der Waals surface area contributed by atoms with Crippen LogP contribution in [-0.4, -0.2) is 42.0 Å². The van der Waals surface area contributed by atoms with Crippen molar-refractivity contribution in [2.24, 2.45) is 0 Å². The average molecular weight is 491 g/mol. The highest BCUT2D eigenvalue weighted by molar-refractivity contribution is 5.69. The number of carboxylic acids is 1. The van der Waals surface area contributed by atoms with E-state index in [1.807, 2.05) is 29.7 Å². The van der Waals surface area contributed by atoms with Crippen molar-refractivity contribution in [3.63, 3.8) is 0 Å². The number of carboxylic acid groups (broad SMARTS) is 1. The van der Waals surface area contributed by atoms with E-state index in [2.05, 4.69) is 0 Å².